The number of hydrazine groups is 1. The van der Waals surface area contributed by atoms with Gasteiger partial charge in [-0.1, -0.05) is 60.7 Å². The van der Waals surface area contributed by atoms with Crippen LogP contribution in [0.3, 0.4) is 0 Å². The lowest BCUT2D eigenvalue weighted by Crippen LogP contribution is -2.02. The number of hydrogen-bond donors (Lipinski definition) is 2. The minimum absolute atomic E-state index is 0.0752. The zero-order valence-electron chi connectivity index (χ0n) is 8.84. The fourth-order valence-electron chi connectivity index (χ4n) is 1.35. The van der Waals surface area contributed by atoms with Crippen LogP contribution in [0.15, 0.2) is 60.7 Å². The van der Waals surface area contributed by atoms with Crippen LogP contribution in [0.2, 0.25) is 0 Å². The van der Waals surface area contributed by atoms with Crippen LogP contribution in [0.5, 0.6) is 0 Å². The number of carbonyl (C=O) groups excluding carboxylic acids is 1. The Kier molecular flexibility index (Phi) is 4.92. The first-order chi connectivity index (χ1) is 7.88. The Balaban J connectivity index is 0.000000606. The molecular weight excluding hydrogens is 200 g/mol. The van der Waals surface area contributed by atoms with Crippen LogP contribution >= 0.6 is 0 Å². The Bertz CT molecular complexity index is 385. The molecule has 0 atom stereocenters. The molecule has 16 heavy (non-hydrogen) atoms. The number of benzene rings is 2. The van der Waals surface area contributed by atoms with Crippen molar-refractivity contribution >= 4 is 5.78 Å². The van der Waals surface area contributed by atoms with E-state index in [1.54, 1.807) is 0 Å². The van der Waals surface area contributed by atoms with Crippen molar-refractivity contribution in [2.24, 2.45) is 11.7 Å². The number of ketones is 1. The molecule has 2 aromatic rings. The lowest BCUT2D eigenvalue weighted by Gasteiger charge is -1.99. The Labute approximate surface area is 94.7 Å². The van der Waals surface area contributed by atoms with E-state index < -0.39 is 0 Å². The van der Waals surface area contributed by atoms with E-state index in [2.05, 4.69) is 11.7 Å². The Morgan fingerprint density at radius 1 is 0.688 bits per heavy atom. The SMILES string of the molecule is NN.O=C(c1ccccc1)c1ccccc1. The molecule has 0 aliphatic heterocycles. The Hall–Kier alpha value is -1.97. The van der Waals surface area contributed by atoms with Gasteiger partial charge in [0, 0.05) is 11.1 Å². The van der Waals surface area contributed by atoms with E-state index in [0.717, 1.165) is 11.1 Å². The summed E-state index contributed by atoms with van der Waals surface area (Å²) in [5, 5.41) is 0. The monoisotopic (exact) mass is 214 g/mol. The second-order valence-corrected chi connectivity index (χ2v) is 3.06. The number of rotatable bonds is 2. The Morgan fingerprint density at radius 2 is 1.00 bits per heavy atom. The quantitative estimate of drug-likeness (QED) is 0.454. The molecule has 0 saturated heterocycles. The fraction of sp³-hybridized carbons (Fsp3) is 0. The van der Waals surface area contributed by atoms with Gasteiger partial charge in [-0.2, -0.15) is 0 Å². The van der Waals surface area contributed by atoms with Gasteiger partial charge in [-0.3, -0.25) is 16.5 Å². The zero-order valence-corrected chi connectivity index (χ0v) is 8.84. The van der Waals surface area contributed by atoms with Gasteiger partial charge < -0.3 is 0 Å². The van der Waals surface area contributed by atoms with Crippen LogP contribution in [0.1, 0.15) is 15.9 Å². The van der Waals surface area contributed by atoms with Crippen LogP contribution in [-0.4, -0.2) is 5.78 Å². The van der Waals surface area contributed by atoms with Crippen molar-refractivity contribution < 1.29 is 4.79 Å². The van der Waals surface area contributed by atoms with E-state index >= 15 is 0 Å². The van der Waals surface area contributed by atoms with Crippen molar-refractivity contribution in [2.45, 2.75) is 0 Å². The van der Waals surface area contributed by atoms with Gasteiger partial charge in [-0.15, -0.1) is 0 Å². The molecule has 0 aliphatic rings. The molecule has 4 N–H and O–H groups in total. The molecule has 2 rings (SSSR count). The highest BCUT2D eigenvalue weighted by atomic mass is 16.1. The van der Waals surface area contributed by atoms with Crippen LogP contribution in [0.4, 0.5) is 0 Å². The molecule has 0 heterocycles. The minimum atomic E-state index is 0.0752. The third-order valence-corrected chi connectivity index (χ3v) is 2.07. The number of carbonyl (C=O) groups is 1. The third-order valence-electron chi connectivity index (χ3n) is 2.07. The van der Waals surface area contributed by atoms with Crippen LogP contribution in [0, 0.1) is 0 Å². The number of nitrogens with two attached hydrogens (primary N) is 2. The maximum absolute atomic E-state index is 11.8. The highest BCUT2D eigenvalue weighted by molar-refractivity contribution is 6.08. The summed E-state index contributed by atoms with van der Waals surface area (Å²) in [5.74, 6) is 8.08. The van der Waals surface area contributed by atoms with Gasteiger partial charge in [0.15, 0.2) is 5.78 Å². The summed E-state index contributed by atoms with van der Waals surface area (Å²) in [4.78, 5) is 11.8. The van der Waals surface area contributed by atoms with Crippen molar-refractivity contribution in [1.82, 2.24) is 0 Å². The average molecular weight is 214 g/mol. The predicted molar refractivity (Wildman–Crippen MR) is 64.7 cm³/mol. The first kappa shape index (κ1) is 12.1. The molecule has 3 nitrogen and oxygen atoms in total. The lowest BCUT2D eigenvalue weighted by atomic mass is 10.0. The van der Waals surface area contributed by atoms with Crippen molar-refractivity contribution in [3.8, 4) is 0 Å². The van der Waals surface area contributed by atoms with Crippen molar-refractivity contribution in [1.29, 1.82) is 0 Å². The molecule has 0 radical (unpaired) electrons. The lowest BCUT2D eigenvalue weighted by molar-refractivity contribution is 0.103. The highest BCUT2D eigenvalue weighted by Crippen LogP contribution is 2.08. The fourth-order valence-corrected chi connectivity index (χ4v) is 1.35. The van der Waals surface area contributed by atoms with Gasteiger partial charge in [0.05, 0.1) is 0 Å². The highest BCUT2D eigenvalue weighted by Gasteiger charge is 2.06. The summed E-state index contributed by atoms with van der Waals surface area (Å²) in [6.07, 6.45) is 0. The molecule has 0 spiro atoms. The smallest absolute Gasteiger partial charge is 0.193 e. The maximum Gasteiger partial charge on any atom is 0.193 e. The van der Waals surface area contributed by atoms with Gasteiger partial charge in [0.25, 0.3) is 0 Å². The minimum Gasteiger partial charge on any atom is -0.289 e. The average Bonchev–Trinajstić information content (AvgIpc) is 2.42. The summed E-state index contributed by atoms with van der Waals surface area (Å²) in [6, 6.07) is 18.6. The largest absolute Gasteiger partial charge is 0.289 e. The summed E-state index contributed by atoms with van der Waals surface area (Å²) in [5.41, 5.74) is 1.47. The van der Waals surface area contributed by atoms with Crippen LogP contribution < -0.4 is 11.7 Å². The van der Waals surface area contributed by atoms with E-state index in [-0.39, 0.29) is 5.78 Å². The molecule has 0 saturated carbocycles. The molecule has 0 amide bonds. The molecule has 0 aromatic heterocycles. The molecule has 2 aromatic carbocycles. The summed E-state index contributed by atoms with van der Waals surface area (Å²) < 4.78 is 0. The van der Waals surface area contributed by atoms with Crippen molar-refractivity contribution in [3.05, 3.63) is 71.8 Å². The Morgan fingerprint density at radius 3 is 1.31 bits per heavy atom. The van der Waals surface area contributed by atoms with Crippen LogP contribution in [0.25, 0.3) is 0 Å². The summed E-state index contributed by atoms with van der Waals surface area (Å²) in [6.45, 7) is 0. The van der Waals surface area contributed by atoms with Crippen molar-refractivity contribution in [2.75, 3.05) is 0 Å². The predicted octanol–water partition coefficient (Wildman–Crippen LogP) is 1.74. The first-order valence-corrected chi connectivity index (χ1v) is 4.86. The summed E-state index contributed by atoms with van der Waals surface area (Å²) in [7, 11) is 0. The van der Waals surface area contributed by atoms with Gasteiger partial charge >= 0.3 is 0 Å². The first-order valence-electron chi connectivity index (χ1n) is 4.86. The van der Waals surface area contributed by atoms with Gasteiger partial charge in [-0.25, -0.2) is 0 Å². The molecule has 3 heteroatoms. The zero-order chi connectivity index (χ0) is 11.8. The molecule has 0 bridgehead atoms. The van der Waals surface area contributed by atoms with Gasteiger partial charge in [-0.05, 0) is 0 Å². The molecule has 0 aliphatic carbocycles. The topological polar surface area (TPSA) is 69.1 Å². The van der Waals surface area contributed by atoms with E-state index in [1.165, 1.54) is 0 Å². The van der Waals surface area contributed by atoms with Crippen molar-refractivity contribution in [3.63, 3.8) is 0 Å². The van der Waals surface area contributed by atoms with Gasteiger partial charge in [0.2, 0.25) is 0 Å². The third kappa shape index (κ3) is 3.02. The molecule has 0 fully saturated rings. The van der Waals surface area contributed by atoms with Crippen LogP contribution in [-0.2, 0) is 0 Å². The second kappa shape index (κ2) is 6.50. The van der Waals surface area contributed by atoms with E-state index in [1.807, 2.05) is 60.7 Å². The van der Waals surface area contributed by atoms with E-state index in [4.69, 9.17) is 0 Å². The normalized spacial score (nSPS) is 8.88. The number of hydrogen-bond acceptors (Lipinski definition) is 3. The molecular formula is C13H14N2O. The van der Waals surface area contributed by atoms with E-state index in [0.29, 0.717) is 0 Å². The van der Waals surface area contributed by atoms with Gasteiger partial charge in [0.1, 0.15) is 0 Å². The molecule has 0 unspecified atom stereocenters. The summed E-state index contributed by atoms with van der Waals surface area (Å²) >= 11 is 0. The molecule has 82 valence electrons. The van der Waals surface area contributed by atoms with E-state index in [9.17, 15) is 4.79 Å². The maximum atomic E-state index is 11.8. The standard InChI is InChI=1S/C13H10O.H4N2/c14-13(11-7-3-1-4-8-11)12-9-5-2-6-10-12;1-2/h1-10H;1-2H2. The second-order valence-electron chi connectivity index (χ2n) is 3.06.